The van der Waals surface area contributed by atoms with E-state index in [-0.39, 0.29) is 5.95 Å². The van der Waals surface area contributed by atoms with E-state index in [1.54, 1.807) is 6.20 Å². The Balaban J connectivity index is 2.04. The lowest BCUT2D eigenvalue weighted by Crippen LogP contribution is -2.39. The number of halogens is 1. The molecule has 0 saturated carbocycles. The number of rotatable bonds is 3. The monoisotopic (exact) mass is 236 g/mol. The van der Waals surface area contributed by atoms with Gasteiger partial charge in [0.15, 0.2) is 0 Å². The molecule has 0 N–H and O–H groups in total. The van der Waals surface area contributed by atoms with Gasteiger partial charge >= 0.3 is 0 Å². The summed E-state index contributed by atoms with van der Waals surface area (Å²) in [6.45, 7) is 6.63. The van der Waals surface area contributed by atoms with Crippen molar-refractivity contribution in [1.29, 1.82) is 0 Å². The fraction of sp³-hybridized carbons (Fsp3) is 0.643. The lowest BCUT2D eigenvalue weighted by Gasteiger charge is -2.42. The maximum Gasteiger partial charge on any atom is 0.214 e. The second-order valence-corrected chi connectivity index (χ2v) is 5.03. The Hall–Kier alpha value is -1.12. The van der Waals surface area contributed by atoms with Gasteiger partial charge in [-0.1, -0.05) is 26.7 Å². The molecular formula is C14H21FN2. The minimum absolute atomic E-state index is 0.384. The molecule has 0 amide bonds. The molecule has 1 fully saturated rings. The van der Waals surface area contributed by atoms with E-state index in [0.717, 1.165) is 18.8 Å². The molecule has 94 valence electrons. The summed E-state index contributed by atoms with van der Waals surface area (Å²) in [5, 5.41) is 0. The number of pyridine rings is 1. The van der Waals surface area contributed by atoms with E-state index < -0.39 is 0 Å². The van der Waals surface area contributed by atoms with Crippen LogP contribution in [0, 0.1) is 11.4 Å². The van der Waals surface area contributed by atoms with Crippen LogP contribution in [-0.4, -0.2) is 18.1 Å². The van der Waals surface area contributed by atoms with Gasteiger partial charge in [0.25, 0.3) is 0 Å². The standard InChI is InChI=1S/C14H21FN2/c1-3-14(4-2)6-9-17(10-7-14)12-5-8-16-13(15)11-12/h5,8,11H,3-4,6-7,9-10H2,1-2H3. The van der Waals surface area contributed by atoms with Crippen LogP contribution in [0.4, 0.5) is 10.1 Å². The third-order valence-corrected chi connectivity index (χ3v) is 4.40. The van der Waals surface area contributed by atoms with Crippen molar-refractivity contribution in [2.24, 2.45) is 5.41 Å². The lowest BCUT2D eigenvalue weighted by atomic mass is 9.74. The van der Waals surface area contributed by atoms with Crippen LogP contribution in [0.1, 0.15) is 39.5 Å². The Kier molecular flexibility index (Phi) is 3.65. The first-order valence-corrected chi connectivity index (χ1v) is 6.55. The molecule has 0 bridgehead atoms. The smallest absolute Gasteiger partial charge is 0.214 e. The second-order valence-electron chi connectivity index (χ2n) is 5.03. The van der Waals surface area contributed by atoms with Crippen molar-refractivity contribution in [3.05, 3.63) is 24.3 Å². The van der Waals surface area contributed by atoms with E-state index in [0.29, 0.717) is 5.41 Å². The molecule has 2 heterocycles. The van der Waals surface area contributed by atoms with Crippen LogP contribution >= 0.6 is 0 Å². The Morgan fingerprint density at radius 1 is 1.29 bits per heavy atom. The summed E-state index contributed by atoms with van der Waals surface area (Å²) in [5.41, 5.74) is 1.49. The third-order valence-electron chi connectivity index (χ3n) is 4.40. The van der Waals surface area contributed by atoms with Crippen LogP contribution in [0.2, 0.25) is 0 Å². The first kappa shape index (κ1) is 12.3. The number of hydrogen-bond acceptors (Lipinski definition) is 2. The van der Waals surface area contributed by atoms with Gasteiger partial charge in [0.1, 0.15) is 0 Å². The predicted octanol–water partition coefficient (Wildman–Crippen LogP) is 3.63. The molecule has 2 nitrogen and oxygen atoms in total. The van der Waals surface area contributed by atoms with Crippen molar-refractivity contribution in [3.8, 4) is 0 Å². The molecule has 1 aliphatic rings. The molecule has 1 saturated heterocycles. The van der Waals surface area contributed by atoms with Crippen molar-refractivity contribution in [3.63, 3.8) is 0 Å². The summed E-state index contributed by atoms with van der Waals surface area (Å²) in [5.74, 6) is -0.384. The number of hydrogen-bond donors (Lipinski definition) is 0. The Labute approximate surface area is 103 Å². The van der Waals surface area contributed by atoms with Gasteiger partial charge in [-0.25, -0.2) is 4.98 Å². The molecule has 17 heavy (non-hydrogen) atoms. The maximum absolute atomic E-state index is 13.1. The number of anilines is 1. The second kappa shape index (κ2) is 5.03. The van der Waals surface area contributed by atoms with E-state index in [1.165, 1.54) is 31.7 Å². The molecule has 1 aliphatic heterocycles. The first-order valence-electron chi connectivity index (χ1n) is 6.55. The van der Waals surface area contributed by atoms with Gasteiger partial charge in [-0.3, -0.25) is 0 Å². The third kappa shape index (κ3) is 2.59. The van der Waals surface area contributed by atoms with Crippen molar-refractivity contribution < 1.29 is 4.39 Å². The van der Waals surface area contributed by atoms with E-state index in [1.807, 2.05) is 6.07 Å². The van der Waals surface area contributed by atoms with Gasteiger partial charge in [0, 0.05) is 31.0 Å². The van der Waals surface area contributed by atoms with Crippen LogP contribution in [0.25, 0.3) is 0 Å². The number of piperidine rings is 1. The minimum Gasteiger partial charge on any atom is -0.371 e. The summed E-state index contributed by atoms with van der Waals surface area (Å²) >= 11 is 0. The molecule has 0 aliphatic carbocycles. The van der Waals surface area contributed by atoms with E-state index in [9.17, 15) is 4.39 Å². The quantitative estimate of drug-likeness (QED) is 0.745. The Morgan fingerprint density at radius 3 is 2.47 bits per heavy atom. The van der Waals surface area contributed by atoms with Gasteiger partial charge in [0.05, 0.1) is 0 Å². The van der Waals surface area contributed by atoms with Gasteiger partial charge in [0.2, 0.25) is 5.95 Å². The SMILES string of the molecule is CCC1(CC)CCN(c2ccnc(F)c2)CC1. The highest BCUT2D eigenvalue weighted by Gasteiger charge is 2.31. The normalized spacial score (nSPS) is 19.4. The molecular weight excluding hydrogens is 215 g/mol. The zero-order valence-electron chi connectivity index (χ0n) is 10.7. The van der Waals surface area contributed by atoms with Gasteiger partial charge < -0.3 is 4.90 Å². The zero-order chi connectivity index (χ0) is 12.3. The van der Waals surface area contributed by atoms with E-state index in [2.05, 4.69) is 23.7 Å². The van der Waals surface area contributed by atoms with Crippen LogP contribution < -0.4 is 4.90 Å². The molecule has 1 aromatic heterocycles. The molecule has 0 radical (unpaired) electrons. The summed E-state index contributed by atoms with van der Waals surface area (Å²) in [6.07, 6.45) is 6.48. The molecule has 1 aromatic rings. The highest BCUT2D eigenvalue weighted by molar-refractivity contribution is 5.45. The fourth-order valence-corrected chi connectivity index (χ4v) is 2.79. The molecule has 2 rings (SSSR count). The molecule has 0 unspecified atom stereocenters. The minimum atomic E-state index is -0.384. The average molecular weight is 236 g/mol. The predicted molar refractivity (Wildman–Crippen MR) is 68.7 cm³/mol. The summed E-state index contributed by atoms with van der Waals surface area (Å²) in [6, 6.07) is 3.43. The number of aromatic nitrogens is 1. The van der Waals surface area contributed by atoms with Crippen molar-refractivity contribution >= 4 is 5.69 Å². The van der Waals surface area contributed by atoms with Crippen molar-refractivity contribution in [2.45, 2.75) is 39.5 Å². The average Bonchev–Trinajstić information content (AvgIpc) is 2.39. The highest BCUT2D eigenvalue weighted by atomic mass is 19.1. The van der Waals surface area contributed by atoms with Crippen LogP contribution in [-0.2, 0) is 0 Å². The largest absolute Gasteiger partial charge is 0.371 e. The summed E-state index contributed by atoms with van der Waals surface area (Å²) in [7, 11) is 0. The topological polar surface area (TPSA) is 16.1 Å². The molecule has 0 atom stereocenters. The van der Waals surface area contributed by atoms with Crippen LogP contribution in [0.3, 0.4) is 0 Å². The van der Waals surface area contributed by atoms with E-state index in [4.69, 9.17) is 0 Å². The maximum atomic E-state index is 13.1. The highest BCUT2D eigenvalue weighted by Crippen LogP contribution is 2.38. The van der Waals surface area contributed by atoms with Gasteiger partial charge in [-0.2, -0.15) is 4.39 Å². The van der Waals surface area contributed by atoms with Crippen molar-refractivity contribution in [1.82, 2.24) is 4.98 Å². The van der Waals surface area contributed by atoms with E-state index >= 15 is 0 Å². The summed E-state index contributed by atoms with van der Waals surface area (Å²) in [4.78, 5) is 5.87. The molecule has 0 spiro atoms. The fourth-order valence-electron chi connectivity index (χ4n) is 2.79. The Morgan fingerprint density at radius 2 is 1.94 bits per heavy atom. The molecule has 3 heteroatoms. The first-order chi connectivity index (χ1) is 8.19. The summed E-state index contributed by atoms with van der Waals surface area (Å²) < 4.78 is 13.1. The van der Waals surface area contributed by atoms with Gasteiger partial charge in [-0.05, 0) is 24.3 Å². The zero-order valence-corrected chi connectivity index (χ0v) is 10.7. The molecule has 0 aromatic carbocycles. The van der Waals surface area contributed by atoms with Gasteiger partial charge in [-0.15, -0.1) is 0 Å². The van der Waals surface area contributed by atoms with Crippen LogP contribution in [0.15, 0.2) is 18.3 Å². The van der Waals surface area contributed by atoms with Crippen LogP contribution in [0.5, 0.6) is 0 Å². The lowest BCUT2D eigenvalue weighted by molar-refractivity contribution is 0.199. The Bertz CT molecular complexity index is 364. The van der Waals surface area contributed by atoms with Crippen molar-refractivity contribution in [2.75, 3.05) is 18.0 Å². The number of nitrogens with zero attached hydrogens (tertiary/aromatic N) is 2.